The lowest BCUT2D eigenvalue weighted by Crippen LogP contribution is -2.39. The van der Waals surface area contributed by atoms with Crippen LogP contribution in [0.3, 0.4) is 0 Å². The zero-order valence-electron chi connectivity index (χ0n) is 20.0. The highest BCUT2D eigenvalue weighted by molar-refractivity contribution is 7.89. The lowest BCUT2D eigenvalue weighted by molar-refractivity contribution is -0.121. The molecule has 0 atom stereocenters. The topological polar surface area (TPSA) is 88.1 Å². The molecule has 1 N–H and O–H groups in total. The van der Waals surface area contributed by atoms with E-state index in [1.165, 1.54) is 30.5 Å². The first kappa shape index (κ1) is 27.3. The van der Waals surface area contributed by atoms with E-state index in [9.17, 15) is 13.2 Å². The molecule has 0 saturated heterocycles. The molecular weight excluding hydrogens is 545 g/mol. The lowest BCUT2D eigenvalue weighted by Gasteiger charge is -2.22. The highest BCUT2D eigenvalue weighted by atomic mass is 35.5. The monoisotopic (exact) mass is 567 g/mol. The second-order valence-corrected chi connectivity index (χ2v) is 10.9. The van der Waals surface area contributed by atoms with Crippen LogP contribution in [0.15, 0.2) is 113 Å². The summed E-state index contributed by atoms with van der Waals surface area (Å²) in [5.41, 5.74) is 3.63. The van der Waals surface area contributed by atoms with Crippen molar-refractivity contribution in [2.24, 2.45) is 5.10 Å². The van der Waals surface area contributed by atoms with Crippen LogP contribution >= 0.6 is 23.2 Å². The van der Waals surface area contributed by atoms with Gasteiger partial charge in [0.15, 0.2) is 0 Å². The zero-order chi connectivity index (χ0) is 27.0. The Morgan fingerprint density at radius 3 is 2.29 bits per heavy atom. The van der Waals surface area contributed by atoms with Crippen molar-refractivity contribution in [1.29, 1.82) is 0 Å². The molecule has 7 nitrogen and oxygen atoms in total. The van der Waals surface area contributed by atoms with Crippen molar-refractivity contribution in [3.63, 3.8) is 0 Å². The molecule has 0 radical (unpaired) electrons. The maximum atomic E-state index is 13.4. The normalized spacial score (nSPS) is 11.6. The highest BCUT2D eigenvalue weighted by Gasteiger charge is 2.27. The van der Waals surface area contributed by atoms with E-state index in [4.69, 9.17) is 27.9 Å². The molecule has 10 heteroatoms. The van der Waals surface area contributed by atoms with Gasteiger partial charge in [-0.25, -0.2) is 13.8 Å². The van der Waals surface area contributed by atoms with Crippen molar-refractivity contribution >= 4 is 45.3 Å². The zero-order valence-corrected chi connectivity index (χ0v) is 22.3. The fourth-order valence-electron chi connectivity index (χ4n) is 3.46. The number of para-hydroxylation sites is 1. The standard InChI is InChI=1S/C28H23Cl2N3O4S/c29-23-13-15-26(16-14-23)38(35,36)33(19-22-8-4-5-12-27(22)30)20-28(34)32-31-18-21-7-6-11-25(17-21)37-24-9-2-1-3-10-24/h1-18H,19-20H2,(H,32,34)/b31-18-. The summed E-state index contributed by atoms with van der Waals surface area (Å²) in [4.78, 5) is 12.7. The van der Waals surface area contributed by atoms with Gasteiger partial charge >= 0.3 is 0 Å². The molecule has 194 valence electrons. The molecule has 0 aliphatic heterocycles. The smallest absolute Gasteiger partial charge is 0.255 e. The average molecular weight is 568 g/mol. The van der Waals surface area contributed by atoms with E-state index >= 15 is 0 Å². The van der Waals surface area contributed by atoms with Crippen LogP contribution in [0.1, 0.15) is 11.1 Å². The molecular formula is C28H23Cl2N3O4S. The number of benzene rings is 4. The van der Waals surface area contributed by atoms with Crippen LogP contribution in [0.2, 0.25) is 10.0 Å². The van der Waals surface area contributed by atoms with Crippen molar-refractivity contribution in [3.8, 4) is 11.5 Å². The molecule has 0 fully saturated rings. The van der Waals surface area contributed by atoms with Crippen LogP contribution in [0.25, 0.3) is 0 Å². The first-order chi connectivity index (χ1) is 18.3. The Bertz CT molecular complexity index is 1530. The second kappa shape index (κ2) is 12.7. The number of nitrogens with one attached hydrogen (secondary N) is 1. The van der Waals surface area contributed by atoms with Gasteiger partial charge in [0.25, 0.3) is 5.91 Å². The molecule has 0 bridgehead atoms. The number of nitrogens with zero attached hydrogens (tertiary/aromatic N) is 2. The van der Waals surface area contributed by atoms with Crippen molar-refractivity contribution in [2.45, 2.75) is 11.4 Å². The summed E-state index contributed by atoms with van der Waals surface area (Å²) in [5.74, 6) is 0.671. The number of rotatable bonds is 10. The van der Waals surface area contributed by atoms with E-state index in [-0.39, 0.29) is 11.4 Å². The van der Waals surface area contributed by atoms with E-state index in [1.54, 1.807) is 48.5 Å². The third-order valence-electron chi connectivity index (χ3n) is 5.32. The van der Waals surface area contributed by atoms with Gasteiger partial charge in [-0.1, -0.05) is 71.7 Å². The molecule has 1 amide bonds. The predicted molar refractivity (Wildman–Crippen MR) is 149 cm³/mol. The maximum Gasteiger partial charge on any atom is 0.255 e. The lowest BCUT2D eigenvalue weighted by atomic mass is 10.2. The van der Waals surface area contributed by atoms with Crippen LogP contribution in [0.4, 0.5) is 0 Å². The van der Waals surface area contributed by atoms with Gasteiger partial charge in [0.1, 0.15) is 11.5 Å². The molecule has 0 spiro atoms. The quantitative estimate of drug-likeness (QED) is 0.184. The Hall–Kier alpha value is -3.69. The van der Waals surface area contributed by atoms with Crippen LogP contribution in [0, 0.1) is 0 Å². The molecule has 0 unspecified atom stereocenters. The number of carbonyl (C=O) groups is 1. The Balaban J connectivity index is 1.47. The minimum atomic E-state index is -4.05. The third-order valence-corrected chi connectivity index (χ3v) is 7.74. The number of hydrogen-bond acceptors (Lipinski definition) is 5. The number of hydrazone groups is 1. The van der Waals surface area contributed by atoms with Gasteiger partial charge in [-0.2, -0.15) is 9.41 Å². The largest absolute Gasteiger partial charge is 0.457 e. The summed E-state index contributed by atoms with van der Waals surface area (Å²) in [5, 5.41) is 4.77. The van der Waals surface area contributed by atoms with Gasteiger partial charge in [-0.05, 0) is 65.7 Å². The van der Waals surface area contributed by atoms with Gasteiger partial charge in [0.05, 0.1) is 17.7 Å². The summed E-state index contributed by atoms with van der Waals surface area (Å²) in [6, 6.07) is 29.0. The second-order valence-electron chi connectivity index (χ2n) is 8.10. The van der Waals surface area contributed by atoms with Gasteiger partial charge in [-0.15, -0.1) is 0 Å². The number of amides is 1. The van der Waals surface area contributed by atoms with Gasteiger partial charge in [0.2, 0.25) is 10.0 Å². The van der Waals surface area contributed by atoms with Crippen LogP contribution in [-0.4, -0.2) is 31.4 Å². The van der Waals surface area contributed by atoms with Crippen molar-refractivity contribution in [1.82, 2.24) is 9.73 Å². The summed E-state index contributed by atoms with van der Waals surface area (Å²) in [6.07, 6.45) is 1.45. The molecule has 4 rings (SSSR count). The molecule has 0 aliphatic carbocycles. The summed E-state index contributed by atoms with van der Waals surface area (Å²) in [6.45, 7) is -0.592. The Kier molecular flexibility index (Phi) is 9.15. The van der Waals surface area contributed by atoms with E-state index in [0.717, 1.165) is 4.31 Å². The minimum Gasteiger partial charge on any atom is -0.457 e. The number of ether oxygens (including phenoxy) is 1. The molecule has 38 heavy (non-hydrogen) atoms. The maximum absolute atomic E-state index is 13.4. The van der Waals surface area contributed by atoms with E-state index in [0.29, 0.717) is 32.7 Å². The van der Waals surface area contributed by atoms with Crippen molar-refractivity contribution in [3.05, 3.63) is 124 Å². The van der Waals surface area contributed by atoms with Crippen LogP contribution < -0.4 is 10.2 Å². The van der Waals surface area contributed by atoms with E-state index in [1.807, 2.05) is 30.3 Å². The molecule has 4 aromatic carbocycles. The summed E-state index contributed by atoms with van der Waals surface area (Å²) >= 11 is 12.2. The average Bonchev–Trinajstić information content (AvgIpc) is 2.90. The molecule has 4 aromatic rings. The highest BCUT2D eigenvalue weighted by Crippen LogP contribution is 2.24. The first-order valence-electron chi connectivity index (χ1n) is 11.5. The number of halogens is 2. The molecule has 0 saturated carbocycles. The van der Waals surface area contributed by atoms with Crippen LogP contribution in [0.5, 0.6) is 11.5 Å². The Morgan fingerprint density at radius 2 is 1.55 bits per heavy atom. The predicted octanol–water partition coefficient (Wildman–Crippen LogP) is 6.13. The minimum absolute atomic E-state index is 0.000450. The van der Waals surface area contributed by atoms with Crippen LogP contribution in [-0.2, 0) is 21.4 Å². The van der Waals surface area contributed by atoms with Crippen molar-refractivity contribution in [2.75, 3.05) is 6.54 Å². The number of carbonyl (C=O) groups excluding carboxylic acids is 1. The molecule has 0 heterocycles. The Labute approximate surface area is 231 Å². The summed E-state index contributed by atoms with van der Waals surface area (Å²) < 4.78 is 33.6. The Morgan fingerprint density at radius 1 is 0.868 bits per heavy atom. The van der Waals surface area contributed by atoms with Gasteiger partial charge in [-0.3, -0.25) is 4.79 Å². The van der Waals surface area contributed by atoms with E-state index in [2.05, 4.69) is 10.5 Å². The molecule has 0 aliphatic rings. The van der Waals surface area contributed by atoms with E-state index < -0.39 is 22.5 Å². The summed E-state index contributed by atoms with van der Waals surface area (Å²) in [7, 11) is -4.05. The van der Waals surface area contributed by atoms with Crippen molar-refractivity contribution < 1.29 is 17.9 Å². The van der Waals surface area contributed by atoms with Gasteiger partial charge < -0.3 is 4.74 Å². The number of hydrogen-bond donors (Lipinski definition) is 1. The number of sulfonamides is 1. The van der Waals surface area contributed by atoms with Gasteiger partial charge in [0, 0.05) is 16.6 Å². The SMILES string of the molecule is O=C(CN(Cc1ccccc1Cl)S(=O)(=O)c1ccc(Cl)cc1)N/N=C\c1cccc(Oc2ccccc2)c1. The fourth-order valence-corrected chi connectivity index (χ4v) is 5.15. The fraction of sp³-hybridized carbons (Fsp3) is 0.0714. The third kappa shape index (κ3) is 7.43. The molecule has 0 aromatic heterocycles. The first-order valence-corrected chi connectivity index (χ1v) is 13.6.